The minimum Gasteiger partial charge on any atom is -0.349 e. The van der Waals surface area contributed by atoms with Crippen LogP contribution in [0.4, 0.5) is 26.3 Å². The Morgan fingerprint density at radius 3 is 1.57 bits per heavy atom. The van der Waals surface area contributed by atoms with Gasteiger partial charge >= 0.3 is 12.4 Å². The minimum atomic E-state index is -5.03. The highest BCUT2D eigenvalue weighted by Gasteiger charge is 2.37. The van der Waals surface area contributed by atoms with Crippen LogP contribution in [0.3, 0.4) is 0 Å². The second-order valence-corrected chi connectivity index (χ2v) is 10.7. The number of hydrogen-bond acceptors (Lipinski definition) is 1. The summed E-state index contributed by atoms with van der Waals surface area (Å²) in [5, 5.41) is 4.80. The number of carbonyl (C=O) groups is 1. The second-order valence-electron chi connectivity index (χ2n) is 8.40. The molecular formula is C26H24F6NOP. The maximum absolute atomic E-state index is 13.2. The molecule has 0 aliphatic heterocycles. The quantitative estimate of drug-likeness (QED) is 0.281. The van der Waals surface area contributed by atoms with Crippen LogP contribution in [0.1, 0.15) is 35.3 Å². The number of alkyl halides is 6. The van der Waals surface area contributed by atoms with Crippen LogP contribution in [-0.2, 0) is 12.4 Å². The Morgan fingerprint density at radius 1 is 0.771 bits per heavy atom. The number of halogens is 6. The average Bonchev–Trinajstić information content (AvgIpc) is 2.81. The predicted octanol–water partition coefficient (Wildman–Crippen LogP) is 6.61. The molecule has 3 rings (SSSR count). The molecule has 0 heterocycles. The fourth-order valence-corrected chi connectivity index (χ4v) is 6.22. The fraction of sp³-hybridized carbons (Fsp3) is 0.269. The van der Waals surface area contributed by atoms with Crippen LogP contribution < -0.4 is 15.9 Å². The van der Waals surface area contributed by atoms with E-state index < -0.39 is 48.9 Å². The van der Waals surface area contributed by atoms with Crippen LogP contribution >= 0.6 is 7.92 Å². The first kappa shape index (κ1) is 26.7. The molecule has 3 aromatic carbocycles. The molecule has 1 N–H and O–H groups in total. The molecule has 1 amide bonds. The van der Waals surface area contributed by atoms with Gasteiger partial charge in [0.2, 0.25) is 0 Å². The largest absolute Gasteiger partial charge is 0.416 e. The summed E-state index contributed by atoms with van der Waals surface area (Å²) in [5.74, 6) is -1.10. The lowest BCUT2D eigenvalue weighted by atomic mass is 10.0. The highest BCUT2D eigenvalue weighted by Crippen LogP contribution is 2.37. The molecule has 0 aliphatic carbocycles. The van der Waals surface area contributed by atoms with Gasteiger partial charge in [0.05, 0.1) is 11.1 Å². The van der Waals surface area contributed by atoms with Crippen molar-refractivity contribution in [3.8, 4) is 0 Å². The van der Waals surface area contributed by atoms with Gasteiger partial charge in [-0.1, -0.05) is 74.5 Å². The zero-order valence-corrected chi connectivity index (χ0v) is 19.9. The molecule has 0 fully saturated rings. The molecule has 1 atom stereocenters. The molecule has 0 aromatic heterocycles. The Labute approximate surface area is 201 Å². The van der Waals surface area contributed by atoms with Crippen molar-refractivity contribution in [2.24, 2.45) is 5.92 Å². The third kappa shape index (κ3) is 7.07. The van der Waals surface area contributed by atoms with Crippen LogP contribution in [0.15, 0.2) is 78.9 Å². The molecule has 0 saturated carbocycles. The van der Waals surface area contributed by atoms with Crippen molar-refractivity contribution in [1.29, 1.82) is 0 Å². The maximum Gasteiger partial charge on any atom is 0.416 e. The normalized spacial score (nSPS) is 13.2. The van der Waals surface area contributed by atoms with Gasteiger partial charge in [-0.15, -0.1) is 0 Å². The van der Waals surface area contributed by atoms with Gasteiger partial charge in [0, 0.05) is 11.6 Å². The Bertz CT molecular complexity index is 1060. The summed E-state index contributed by atoms with van der Waals surface area (Å²) in [5.41, 5.74) is -3.72. The van der Waals surface area contributed by atoms with Gasteiger partial charge < -0.3 is 5.32 Å². The monoisotopic (exact) mass is 511 g/mol. The van der Waals surface area contributed by atoms with Gasteiger partial charge in [-0.05, 0) is 48.8 Å². The molecule has 9 heteroatoms. The van der Waals surface area contributed by atoms with Gasteiger partial charge in [0.15, 0.2) is 0 Å². The SMILES string of the molecule is CC(C)C(CP(c1ccccc1)c1ccccc1)NC(=O)c1cc(C(F)(F)F)cc(C(F)(F)F)c1. The third-order valence-corrected chi connectivity index (χ3v) is 8.09. The summed E-state index contributed by atoms with van der Waals surface area (Å²) >= 11 is 0. The number of amides is 1. The molecule has 186 valence electrons. The standard InChI is InChI=1S/C26H24F6NOP/c1-17(2)23(16-35(21-9-5-3-6-10-21)22-11-7-4-8-12-22)33-24(34)18-13-19(25(27,28)29)15-20(14-18)26(30,31)32/h3-15,17,23H,16H2,1-2H3,(H,33,34). The predicted molar refractivity (Wildman–Crippen MR) is 126 cm³/mol. The van der Waals surface area contributed by atoms with Gasteiger partial charge in [-0.2, -0.15) is 26.3 Å². The Kier molecular flexibility index (Phi) is 8.26. The summed E-state index contributed by atoms with van der Waals surface area (Å²) in [6.07, 6.45) is -9.58. The van der Waals surface area contributed by atoms with E-state index in [1.54, 1.807) is 0 Å². The summed E-state index contributed by atoms with van der Waals surface area (Å²) < 4.78 is 79.4. The molecule has 3 aromatic rings. The number of nitrogens with one attached hydrogen (secondary N) is 1. The van der Waals surface area contributed by atoms with Crippen LogP contribution in [0.2, 0.25) is 0 Å². The van der Waals surface area contributed by atoms with E-state index in [0.717, 1.165) is 10.6 Å². The van der Waals surface area contributed by atoms with Crippen LogP contribution in [0, 0.1) is 5.92 Å². The second kappa shape index (κ2) is 10.8. The van der Waals surface area contributed by atoms with Crippen molar-refractivity contribution in [2.45, 2.75) is 32.2 Å². The first-order valence-corrected chi connectivity index (χ1v) is 12.4. The Morgan fingerprint density at radius 2 is 1.20 bits per heavy atom. The minimum absolute atomic E-state index is 0.0147. The molecule has 35 heavy (non-hydrogen) atoms. The number of hydrogen-bond donors (Lipinski definition) is 1. The Hall–Kier alpha value is -2.86. The van der Waals surface area contributed by atoms with Crippen LogP contribution in [0.5, 0.6) is 0 Å². The van der Waals surface area contributed by atoms with Crippen molar-refractivity contribution in [3.63, 3.8) is 0 Å². The van der Waals surface area contributed by atoms with Crippen molar-refractivity contribution in [1.82, 2.24) is 5.32 Å². The topological polar surface area (TPSA) is 29.1 Å². The summed E-state index contributed by atoms with van der Waals surface area (Å²) in [6.45, 7) is 3.70. The Balaban J connectivity index is 1.94. The first-order valence-electron chi connectivity index (χ1n) is 10.8. The number of rotatable bonds is 7. The smallest absolute Gasteiger partial charge is 0.349 e. The van der Waals surface area contributed by atoms with E-state index in [0.29, 0.717) is 18.3 Å². The number of carbonyl (C=O) groups excluding carboxylic acids is 1. The zero-order chi connectivity index (χ0) is 25.8. The van der Waals surface area contributed by atoms with Gasteiger partial charge in [-0.3, -0.25) is 4.79 Å². The molecule has 2 nitrogen and oxygen atoms in total. The van der Waals surface area contributed by atoms with E-state index in [1.807, 2.05) is 74.5 Å². The molecule has 0 radical (unpaired) electrons. The summed E-state index contributed by atoms with van der Waals surface area (Å²) in [6, 6.07) is 19.7. The average molecular weight is 511 g/mol. The highest BCUT2D eigenvalue weighted by molar-refractivity contribution is 7.73. The summed E-state index contributed by atoms with van der Waals surface area (Å²) in [4.78, 5) is 12.9. The first-order chi connectivity index (χ1) is 16.4. The van der Waals surface area contributed by atoms with Crippen molar-refractivity contribution >= 4 is 24.4 Å². The lowest BCUT2D eigenvalue weighted by Crippen LogP contribution is -2.42. The lowest BCUT2D eigenvalue weighted by Gasteiger charge is -2.28. The molecule has 0 saturated heterocycles. The summed E-state index contributed by atoms with van der Waals surface area (Å²) in [7, 11) is -0.946. The van der Waals surface area contributed by atoms with E-state index in [2.05, 4.69) is 5.32 Å². The van der Waals surface area contributed by atoms with Crippen molar-refractivity contribution in [3.05, 3.63) is 95.6 Å². The maximum atomic E-state index is 13.2. The lowest BCUT2D eigenvalue weighted by molar-refractivity contribution is -0.143. The molecule has 0 bridgehead atoms. The van der Waals surface area contributed by atoms with Gasteiger partial charge in [-0.25, -0.2) is 0 Å². The van der Waals surface area contributed by atoms with E-state index >= 15 is 0 Å². The fourth-order valence-electron chi connectivity index (χ4n) is 3.53. The van der Waals surface area contributed by atoms with E-state index in [9.17, 15) is 31.1 Å². The molecule has 1 unspecified atom stereocenters. The molecule has 0 spiro atoms. The van der Waals surface area contributed by atoms with E-state index in [-0.39, 0.29) is 12.0 Å². The van der Waals surface area contributed by atoms with Crippen LogP contribution in [-0.4, -0.2) is 18.1 Å². The zero-order valence-electron chi connectivity index (χ0n) is 19.0. The van der Waals surface area contributed by atoms with Crippen molar-refractivity contribution < 1.29 is 31.1 Å². The van der Waals surface area contributed by atoms with E-state index in [4.69, 9.17) is 0 Å². The van der Waals surface area contributed by atoms with Gasteiger partial charge in [0.25, 0.3) is 5.91 Å². The van der Waals surface area contributed by atoms with E-state index in [1.165, 1.54) is 0 Å². The van der Waals surface area contributed by atoms with Crippen molar-refractivity contribution in [2.75, 3.05) is 6.16 Å². The molecule has 0 aliphatic rings. The highest BCUT2D eigenvalue weighted by atomic mass is 31.1. The molecular weight excluding hydrogens is 487 g/mol. The third-order valence-electron chi connectivity index (χ3n) is 5.49. The number of benzene rings is 3. The van der Waals surface area contributed by atoms with Crippen LogP contribution in [0.25, 0.3) is 0 Å². The van der Waals surface area contributed by atoms with Gasteiger partial charge in [0.1, 0.15) is 0 Å².